The minimum Gasteiger partial charge on any atom is -0.548 e. The summed E-state index contributed by atoms with van der Waals surface area (Å²) in [5, 5.41) is 15.2. The number of aliphatic carboxylic acids is 1. The minimum absolute atomic E-state index is 0.197. The molecule has 0 saturated heterocycles. The zero-order valence-electron chi connectivity index (χ0n) is 16.5. The smallest absolute Gasteiger partial charge is 0.340 e. The van der Waals surface area contributed by atoms with E-state index in [9.17, 15) is 19.5 Å². The average molecular weight is 384 g/mol. The predicted octanol–water partition coefficient (Wildman–Crippen LogP) is 1.90. The quantitative estimate of drug-likeness (QED) is 0.672. The summed E-state index contributed by atoms with van der Waals surface area (Å²) in [7, 11) is 0. The molecule has 3 rings (SSSR count). The van der Waals surface area contributed by atoms with Gasteiger partial charge < -0.3 is 24.1 Å². The van der Waals surface area contributed by atoms with E-state index < -0.39 is 23.5 Å². The predicted molar refractivity (Wildman–Crippen MR) is 102 cm³/mol. The van der Waals surface area contributed by atoms with Gasteiger partial charge in [-0.3, -0.25) is 4.79 Å². The van der Waals surface area contributed by atoms with E-state index in [1.807, 2.05) is 19.9 Å². The number of hydrogen-bond donors (Lipinski definition) is 1. The van der Waals surface area contributed by atoms with Crippen molar-refractivity contribution < 1.29 is 23.5 Å². The van der Waals surface area contributed by atoms with Crippen LogP contribution in [0.2, 0.25) is 0 Å². The Balaban J connectivity index is 2.02. The van der Waals surface area contributed by atoms with Crippen molar-refractivity contribution in [3.05, 3.63) is 45.0 Å². The molecule has 0 bridgehead atoms. The van der Waals surface area contributed by atoms with Crippen LogP contribution in [-0.4, -0.2) is 17.9 Å². The van der Waals surface area contributed by atoms with Crippen LogP contribution < -0.4 is 16.0 Å². The number of aryl methyl sites for hydroxylation is 3. The Bertz CT molecular complexity index is 1150. The molecule has 0 aliphatic rings. The van der Waals surface area contributed by atoms with Gasteiger partial charge in [0.25, 0.3) is 0 Å². The van der Waals surface area contributed by atoms with Gasteiger partial charge in [-0.05, 0) is 43.9 Å². The lowest BCUT2D eigenvalue weighted by molar-refractivity contribution is -0.309. The molecular weight excluding hydrogens is 362 g/mol. The van der Waals surface area contributed by atoms with Gasteiger partial charge in [-0.15, -0.1) is 0 Å². The number of carbonyl (C=O) groups excluding carboxylic acids is 2. The van der Waals surface area contributed by atoms with E-state index in [0.717, 1.165) is 16.7 Å². The number of carboxylic acids is 1. The fraction of sp³-hybridized carbons (Fsp3) is 0.381. The highest BCUT2D eigenvalue weighted by molar-refractivity contribution is 5.97. The van der Waals surface area contributed by atoms with Gasteiger partial charge in [0, 0.05) is 16.8 Å². The summed E-state index contributed by atoms with van der Waals surface area (Å²) in [5.41, 5.74) is 2.19. The maximum Gasteiger partial charge on any atom is 0.340 e. The second-order valence-corrected chi connectivity index (χ2v) is 7.41. The lowest BCUT2D eigenvalue weighted by Crippen LogP contribution is -2.51. The van der Waals surface area contributed by atoms with E-state index in [-0.39, 0.29) is 17.9 Å². The molecule has 0 radical (unpaired) electrons. The average Bonchev–Trinajstić information content (AvgIpc) is 2.88. The van der Waals surface area contributed by atoms with Gasteiger partial charge in [0.1, 0.15) is 16.9 Å². The first-order valence-corrected chi connectivity index (χ1v) is 9.06. The Labute approximate surface area is 161 Å². The molecule has 0 fully saturated rings. The van der Waals surface area contributed by atoms with Crippen molar-refractivity contribution in [2.75, 3.05) is 0 Å². The van der Waals surface area contributed by atoms with Gasteiger partial charge in [-0.1, -0.05) is 13.8 Å². The Morgan fingerprint density at radius 3 is 2.25 bits per heavy atom. The maximum absolute atomic E-state index is 12.4. The van der Waals surface area contributed by atoms with Crippen LogP contribution in [0.4, 0.5) is 0 Å². The fourth-order valence-electron chi connectivity index (χ4n) is 3.31. The number of rotatable bonds is 5. The lowest BCUT2D eigenvalue weighted by Gasteiger charge is -2.23. The van der Waals surface area contributed by atoms with Crippen LogP contribution in [0.5, 0.6) is 0 Å². The molecule has 0 aliphatic heterocycles. The molecular formula is C21H22NO6-. The number of benzene rings is 1. The van der Waals surface area contributed by atoms with Crippen molar-refractivity contribution in [2.45, 2.75) is 47.1 Å². The summed E-state index contributed by atoms with van der Waals surface area (Å²) in [6.45, 7) is 8.88. The number of carbonyl (C=O) groups is 2. The van der Waals surface area contributed by atoms with Gasteiger partial charge >= 0.3 is 5.63 Å². The molecule has 0 spiro atoms. The molecule has 0 unspecified atom stereocenters. The molecule has 7 nitrogen and oxygen atoms in total. The molecule has 0 aliphatic carbocycles. The Morgan fingerprint density at radius 2 is 1.64 bits per heavy atom. The van der Waals surface area contributed by atoms with E-state index >= 15 is 0 Å². The number of fused-ring (bicyclic) bond motifs is 2. The first kappa shape index (κ1) is 19.7. The first-order valence-electron chi connectivity index (χ1n) is 9.06. The van der Waals surface area contributed by atoms with Gasteiger partial charge in [-0.2, -0.15) is 0 Å². The van der Waals surface area contributed by atoms with E-state index in [2.05, 4.69) is 5.32 Å². The second-order valence-electron chi connectivity index (χ2n) is 7.41. The van der Waals surface area contributed by atoms with E-state index in [1.54, 1.807) is 26.8 Å². The van der Waals surface area contributed by atoms with Crippen LogP contribution in [0.1, 0.15) is 36.3 Å². The number of furan rings is 1. The molecule has 2 heterocycles. The minimum atomic E-state index is -1.36. The Kier molecular flexibility index (Phi) is 5.02. The number of carboxylic acid groups (broad SMARTS) is 1. The third-order valence-electron chi connectivity index (χ3n) is 5.16. The topological polar surface area (TPSA) is 113 Å². The van der Waals surface area contributed by atoms with Crippen LogP contribution in [0.25, 0.3) is 21.9 Å². The van der Waals surface area contributed by atoms with Crippen molar-refractivity contribution in [1.82, 2.24) is 5.32 Å². The summed E-state index contributed by atoms with van der Waals surface area (Å²) >= 11 is 0. The summed E-state index contributed by atoms with van der Waals surface area (Å²) < 4.78 is 11.1. The highest BCUT2D eigenvalue weighted by Gasteiger charge is 2.21. The zero-order chi connectivity index (χ0) is 20.7. The van der Waals surface area contributed by atoms with E-state index in [1.165, 1.54) is 0 Å². The molecule has 7 heteroatoms. The molecule has 1 atom stereocenters. The highest BCUT2D eigenvalue weighted by Crippen LogP contribution is 2.30. The van der Waals surface area contributed by atoms with Crippen molar-refractivity contribution in [1.29, 1.82) is 0 Å². The third kappa shape index (κ3) is 3.40. The van der Waals surface area contributed by atoms with E-state index in [4.69, 9.17) is 8.83 Å². The Morgan fingerprint density at radius 1 is 1.04 bits per heavy atom. The van der Waals surface area contributed by atoms with Crippen LogP contribution in [-0.2, 0) is 16.0 Å². The SMILES string of the molecule is Cc1oc2cc3oc(=O)c(CC(=O)N[C@H](C(=O)[O-])C(C)C)c(C)c3cc2c1C. The lowest BCUT2D eigenvalue weighted by atomic mass is 10.0. The molecule has 148 valence electrons. The van der Waals surface area contributed by atoms with Crippen molar-refractivity contribution in [3.8, 4) is 0 Å². The van der Waals surface area contributed by atoms with Gasteiger partial charge in [0.2, 0.25) is 5.91 Å². The third-order valence-corrected chi connectivity index (χ3v) is 5.16. The van der Waals surface area contributed by atoms with Gasteiger partial charge in [0.05, 0.1) is 24.0 Å². The largest absolute Gasteiger partial charge is 0.548 e. The molecule has 0 saturated carbocycles. The van der Waals surface area contributed by atoms with Crippen LogP contribution in [0.3, 0.4) is 0 Å². The number of amides is 1. The van der Waals surface area contributed by atoms with Gasteiger partial charge in [-0.25, -0.2) is 4.79 Å². The molecule has 28 heavy (non-hydrogen) atoms. The van der Waals surface area contributed by atoms with Crippen molar-refractivity contribution in [3.63, 3.8) is 0 Å². The summed E-state index contributed by atoms with van der Waals surface area (Å²) in [6, 6.07) is 2.43. The summed E-state index contributed by atoms with van der Waals surface area (Å²) in [4.78, 5) is 36.0. The fourth-order valence-corrected chi connectivity index (χ4v) is 3.31. The molecule has 1 amide bonds. The zero-order valence-corrected chi connectivity index (χ0v) is 16.5. The molecule has 1 N–H and O–H groups in total. The van der Waals surface area contributed by atoms with Gasteiger partial charge in [0.15, 0.2) is 0 Å². The summed E-state index contributed by atoms with van der Waals surface area (Å²) in [5.74, 6) is -1.50. The van der Waals surface area contributed by atoms with Crippen LogP contribution in [0, 0.1) is 26.7 Å². The number of nitrogens with one attached hydrogen (secondary N) is 1. The second kappa shape index (κ2) is 7.14. The summed E-state index contributed by atoms with van der Waals surface area (Å²) in [6.07, 6.45) is -0.276. The molecule has 2 aromatic heterocycles. The van der Waals surface area contributed by atoms with Crippen molar-refractivity contribution in [2.24, 2.45) is 5.92 Å². The molecule has 3 aromatic rings. The normalized spacial score (nSPS) is 12.6. The molecule has 1 aromatic carbocycles. The Hall–Kier alpha value is -3.09. The maximum atomic E-state index is 12.4. The van der Waals surface area contributed by atoms with Crippen LogP contribution in [0.15, 0.2) is 25.8 Å². The standard InChI is InChI=1S/C21H23NO6/c1-9(2)19(20(24)25)22-18(23)7-15-11(4)14-6-13-10(3)12(5)27-16(13)8-17(14)28-21(15)26/h6,8-9,19H,7H2,1-5H3,(H,22,23)(H,24,25)/p-1/t19-/m0/s1. The van der Waals surface area contributed by atoms with Crippen molar-refractivity contribution >= 4 is 33.8 Å². The van der Waals surface area contributed by atoms with Crippen LogP contribution >= 0.6 is 0 Å². The number of hydrogen-bond acceptors (Lipinski definition) is 6. The first-order chi connectivity index (χ1) is 13.1. The monoisotopic (exact) mass is 384 g/mol. The van der Waals surface area contributed by atoms with E-state index in [0.29, 0.717) is 22.1 Å². The highest BCUT2D eigenvalue weighted by atomic mass is 16.4.